The molecule has 5 nitrogen and oxygen atoms in total. The Balaban J connectivity index is 1.83. The largest absolute Gasteiger partial charge is 0.471 e. The van der Waals surface area contributed by atoms with Gasteiger partial charge in [-0.15, -0.1) is 0 Å². The molecule has 0 spiro atoms. The first kappa shape index (κ1) is 19.4. The number of aromatic nitrogens is 2. The SMILES string of the molecule is CC(C)(C)n1nc(C2CC(O)(c3ccccc3)C2)cc1NC(=O)C(F)(F)F. The molecule has 2 aromatic rings. The van der Waals surface area contributed by atoms with E-state index in [1.165, 1.54) is 10.7 Å². The molecule has 1 aromatic heterocycles. The molecule has 0 aliphatic heterocycles. The minimum absolute atomic E-state index is 0.00465. The Hall–Kier alpha value is -2.35. The number of halogens is 3. The lowest BCUT2D eigenvalue weighted by Crippen LogP contribution is -2.40. The smallest absolute Gasteiger partial charge is 0.385 e. The van der Waals surface area contributed by atoms with E-state index in [9.17, 15) is 23.1 Å². The van der Waals surface area contributed by atoms with Crippen LogP contribution >= 0.6 is 0 Å². The molecule has 1 aliphatic carbocycles. The fourth-order valence-electron chi connectivity index (χ4n) is 3.34. The average molecular weight is 381 g/mol. The summed E-state index contributed by atoms with van der Waals surface area (Å²) in [7, 11) is 0. The maximum absolute atomic E-state index is 12.6. The monoisotopic (exact) mass is 381 g/mol. The van der Waals surface area contributed by atoms with E-state index in [2.05, 4.69) is 5.10 Å². The Bertz CT molecular complexity index is 832. The number of rotatable bonds is 3. The molecule has 0 radical (unpaired) electrons. The highest BCUT2D eigenvalue weighted by Gasteiger charge is 2.46. The van der Waals surface area contributed by atoms with Gasteiger partial charge in [0.15, 0.2) is 0 Å². The predicted molar refractivity (Wildman–Crippen MR) is 94.2 cm³/mol. The van der Waals surface area contributed by atoms with E-state index in [-0.39, 0.29) is 11.7 Å². The van der Waals surface area contributed by atoms with Gasteiger partial charge in [-0.3, -0.25) is 4.79 Å². The molecule has 2 N–H and O–H groups in total. The van der Waals surface area contributed by atoms with E-state index in [0.29, 0.717) is 18.5 Å². The van der Waals surface area contributed by atoms with Crippen LogP contribution in [0.3, 0.4) is 0 Å². The molecule has 1 heterocycles. The minimum atomic E-state index is -4.98. The van der Waals surface area contributed by atoms with Crippen molar-refractivity contribution in [3.05, 3.63) is 47.7 Å². The van der Waals surface area contributed by atoms with Crippen molar-refractivity contribution in [1.82, 2.24) is 9.78 Å². The molecule has 3 rings (SSSR count). The van der Waals surface area contributed by atoms with Crippen molar-refractivity contribution < 1.29 is 23.1 Å². The van der Waals surface area contributed by atoms with Crippen molar-refractivity contribution in [2.75, 3.05) is 5.32 Å². The number of alkyl halides is 3. The van der Waals surface area contributed by atoms with Crippen LogP contribution in [-0.4, -0.2) is 27.0 Å². The highest BCUT2D eigenvalue weighted by molar-refractivity contribution is 5.94. The van der Waals surface area contributed by atoms with Crippen LogP contribution in [0.15, 0.2) is 36.4 Å². The van der Waals surface area contributed by atoms with Crippen molar-refractivity contribution in [2.24, 2.45) is 0 Å². The van der Waals surface area contributed by atoms with Crippen LogP contribution in [-0.2, 0) is 15.9 Å². The summed E-state index contributed by atoms with van der Waals surface area (Å²) in [5.41, 5.74) is -0.219. The molecule has 0 saturated heterocycles. The van der Waals surface area contributed by atoms with E-state index in [1.807, 2.05) is 35.6 Å². The third-order valence-electron chi connectivity index (χ3n) is 4.76. The van der Waals surface area contributed by atoms with Gasteiger partial charge in [0.1, 0.15) is 5.82 Å². The minimum Gasteiger partial charge on any atom is -0.385 e. The second-order valence-electron chi connectivity index (χ2n) is 7.99. The van der Waals surface area contributed by atoms with E-state index in [4.69, 9.17) is 0 Å². The molecule has 1 saturated carbocycles. The number of benzene rings is 1. The summed E-state index contributed by atoms with van der Waals surface area (Å²) in [4.78, 5) is 11.3. The molecule has 1 aromatic carbocycles. The van der Waals surface area contributed by atoms with Crippen LogP contribution in [0.25, 0.3) is 0 Å². The first-order valence-corrected chi connectivity index (χ1v) is 8.67. The lowest BCUT2D eigenvalue weighted by Gasteiger charge is -2.43. The number of nitrogens with one attached hydrogen (secondary N) is 1. The Kier molecular flexibility index (Phi) is 4.58. The normalized spacial score (nSPS) is 23.0. The van der Waals surface area contributed by atoms with Crippen molar-refractivity contribution >= 4 is 11.7 Å². The highest BCUT2D eigenvalue weighted by atomic mass is 19.4. The summed E-state index contributed by atoms with van der Waals surface area (Å²) in [5.74, 6) is -2.14. The average Bonchev–Trinajstić information content (AvgIpc) is 2.95. The number of carbonyl (C=O) groups excluding carboxylic acids is 1. The van der Waals surface area contributed by atoms with Crippen LogP contribution in [0.1, 0.15) is 50.8 Å². The summed E-state index contributed by atoms with van der Waals surface area (Å²) in [6.07, 6.45) is -4.13. The Morgan fingerprint density at radius 3 is 2.33 bits per heavy atom. The molecular formula is C19H22F3N3O2. The summed E-state index contributed by atoms with van der Waals surface area (Å²) >= 11 is 0. The lowest BCUT2D eigenvalue weighted by atomic mass is 9.66. The van der Waals surface area contributed by atoms with E-state index in [1.54, 1.807) is 20.8 Å². The molecule has 1 amide bonds. The Morgan fingerprint density at radius 1 is 1.22 bits per heavy atom. The van der Waals surface area contributed by atoms with Crippen LogP contribution in [0.4, 0.5) is 19.0 Å². The van der Waals surface area contributed by atoms with Crippen LogP contribution in [0, 0.1) is 0 Å². The summed E-state index contributed by atoms with van der Waals surface area (Å²) in [6, 6.07) is 10.7. The first-order valence-electron chi connectivity index (χ1n) is 8.67. The van der Waals surface area contributed by atoms with Gasteiger partial charge in [-0.05, 0) is 39.2 Å². The second-order valence-corrected chi connectivity index (χ2v) is 7.99. The maximum atomic E-state index is 12.6. The van der Waals surface area contributed by atoms with Crippen LogP contribution in [0.2, 0.25) is 0 Å². The third-order valence-corrected chi connectivity index (χ3v) is 4.76. The highest BCUT2D eigenvalue weighted by Crippen LogP contribution is 2.50. The zero-order valence-electron chi connectivity index (χ0n) is 15.3. The quantitative estimate of drug-likeness (QED) is 0.847. The van der Waals surface area contributed by atoms with Crippen molar-refractivity contribution in [1.29, 1.82) is 0 Å². The fraction of sp³-hybridized carbons (Fsp3) is 0.474. The zero-order chi connectivity index (χ0) is 20.0. The summed E-state index contributed by atoms with van der Waals surface area (Å²) < 4.78 is 39.2. The third kappa shape index (κ3) is 3.85. The van der Waals surface area contributed by atoms with Gasteiger partial charge in [-0.25, -0.2) is 4.68 Å². The van der Waals surface area contributed by atoms with Crippen LogP contribution < -0.4 is 5.32 Å². The van der Waals surface area contributed by atoms with Crippen LogP contribution in [0.5, 0.6) is 0 Å². The summed E-state index contributed by atoms with van der Waals surface area (Å²) in [6.45, 7) is 5.36. The number of nitrogens with zero attached hydrogens (tertiary/aromatic N) is 2. The molecule has 146 valence electrons. The maximum Gasteiger partial charge on any atom is 0.471 e. The van der Waals surface area contributed by atoms with Gasteiger partial charge in [0.2, 0.25) is 0 Å². The van der Waals surface area contributed by atoms with Gasteiger partial charge in [0.05, 0.1) is 16.8 Å². The standard InChI is InChI=1S/C19H22F3N3O2/c1-17(2,3)25-15(23-16(26)19(20,21)22)9-14(24-25)12-10-18(27,11-12)13-7-5-4-6-8-13/h4-9,12,27H,10-11H2,1-3H3,(H,23,26). The molecular weight excluding hydrogens is 359 g/mol. The van der Waals surface area contributed by atoms with Crippen molar-refractivity contribution in [3.8, 4) is 0 Å². The van der Waals surface area contributed by atoms with Gasteiger partial charge in [0.25, 0.3) is 0 Å². The molecule has 0 unspecified atom stereocenters. The lowest BCUT2D eigenvalue weighted by molar-refractivity contribution is -0.167. The molecule has 0 atom stereocenters. The number of carbonyl (C=O) groups is 1. The van der Waals surface area contributed by atoms with E-state index in [0.717, 1.165) is 5.56 Å². The molecule has 1 aliphatic rings. The van der Waals surface area contributed by atoms with Gasteiger partial charge < -0.3 is 10.4 Å². The van der Waals surface area contributed by atoms with Crippen molar-refractivity contribution in [2.45, 2.75) is 56.8 Å². The predicted octanol–water partition coefficient (Wildman–Crippen LogP) is 3.90. The first-order chi connectivity index (χ1) is 12.4. The number of hydrogen-bond acceptors (Lipinski definition) is 3. The molecule has 8 heteroatoms. The van der Waals surface area contributed by atoms with Gasteiger partial charge in [-0.1, -0.05) is 30.3 Å². The van der Waals surface area contributed by atoms with Gasteiger partial charge >= 0.3 is 12.1 Å². The van der Waals surface area contributed by atoms with Gasteiger partial charge in [-0.2, -0.15) is 18.3 Å². The molecule has 1 fully saturated rings. The van der Waals surface area contributed by atoms with E-state index < -0.39 is 23.2 Å². The Morgan fingerprint density at radius 2 is 1.81 bits per heavy atom. The van der Waals surface area contributed by atoms with Crippen molar-refractivity contribution in [3.63, 3.8) is 0 Å². The van der Waals surface area contributed by atoms with E-state index >= 15 is 0 Å². The number of hydrogen-bond donors (Lipinski definition) is 2. The summed E-state index contributed by atoms with van der Waals surface area (Å²) in [5, 5.41) is 17.1. The zero-order valence-corrected chi connectivity index (χ0v) is 15.3. The molecule has 0 bridgehead atoms. The fourth-order valence-corrected chi connectivity index (χ4v) is 3.34. The number of amides is 1. The second kappa shape index (κ2) is 6.37. The molecule has 27 heavy (non-hydrogen) atoms. The number of aliphatic hydroxyl groups is 1. The topological polar surface area (TPSA) is 67.2 Å². The number of anilines is 1. The van der Waals surface area contributed by atoms with Gasteiger partial charge in [0, 0.05) is 12.0 Å². The Labute approximate surface area is 155 Å².